The summed E-state index contributed by atoms with van der Waals surface area (Å²) < 4.78 is 62.3. The summed E-state index contributed by atoms with van der Waals surface area (Å²) in [6.45, 7) is 1.19. The molecule has 0 atom stereocenters. The van der Waals surface area contributed by atoms with E-state index in [0.717, 1.165) is 30.3 Å². The van der Waals surface area contributed by atoms with Gasteiger partial charge in [0.15, 0.2) is 0 Å². The van der Waals surface area contributed by atoms with Gasteiger partial charge in [0.2, 0.25) is 0 Å². The van der Waals surface area contributed by atoms with Crippen molar-refractivity contribution in [2.24, 2.45) is 0 Å². The van der Waals surface area contributed by atoms with Crippen LogP contribution < -0.4 is 0 Å². The third-order valence-corrected chi connectivity index (χ3v) is 6.58. The summed E-state index contributed by atoms with van der Waals surface area (Å²) in [6, 6.07) is 6.97. The number of carboxylic acid groups (broad SMARTS) is 1. The molecule has 1 N–H and O–H groups in total. The van der Waals surface area contributed by atoms with E-state index in [4.69, 9.17) is 21.4 Å². The van der Waals surface area contributed by atoms with E-state index in [9.17, 15) is 27.6 Å². The lowest BCUT2D eigenvalue weighted by Crippen LogP contribution is -2.40. The molecule has 206 valence electrons. The monoisotopic (exact) mass is 576 g/mol. The smallest absolute Gasteiger partial charge is 0.417 e. The van der Waals surface area contributed by atoms with Crippen LogP contribution in [-0.2, 0) is 10.9 Å². The highest BCUT2D eigenvalue weighted by Crippen LogP contribution is 2.37. The number of halogens is 5. The normalized spacial score (nSPS) is 14.0. The summed E-state index contributed by atoms with van der Waals surface area (Å²) in [6.07, 6.45) is -3.77. The van der Waals surface area contributed by atoms with Gasteiger partial charge in [-0.15, -0.1) is 0 Å². The minimum Gasteiger partial charge on any atom is -0.478 e. The molecule has 0 saturated carbocycles. The van der Waals surface area contributed by atoms with Gasteiger partial charge in [0.1, 0.15) is 17.0 Å². The first kappa shape index (κ1) is 27.2. The van der Waals surface area contributed by atoms with Crippen molar-refractivity contribution in [1.29, 1.82) is 0 Å². The fourth-order valence-corrected chi connectivity index (χ4v) is 4.58. The maximum Gasteiger partial charge on any atom is 0.417 e. The van der Waals surface area contributed by atoms with Crippen molar-refractivity contribution >= 4 is 40.4 Å². The van der Waals surface area contributed by atoms with Crippen molar-refractivity contribution in [2.75, 3.05) is 26.3 Å². The second-order valence-corrected chi connectivity index (χ2v) is 9.13. The quantitative estimate of drug-likeness (QED) is 0.348. The number of rotatable bonds is 4. The number of carboxylic acids is 1. The van der Waals surface area contributed by atoms with E-state index in [1.54, 1.807) is 0 Å². The van der Waals surface area contributed by atoms with Crippen LogP contribution in [0.15, 0.2) is 48.7 Å². The number of aromatic carboxylic acids is 1. The van der Waals surface area contributed by atoms with Crippen LogP contribution in [-0.4, -0.2) is 68.9 Å². The van der Waals surface area contributed by atoms with Gasteiger partial charge in [-0.2, -0.15) is 23.0 Å². The Morgan fingerprint density at radius 3 is 2.38 bits per heavy atom. The average molecular weight is 577 g/mol. The predicted molar refractivity (Wildman–Crippen MR) is 133 cm³/mol. The van der Waals surface area contributed by atoms with Gasteiger partial charge in [-0.1, -0.05) is 17.7 Å². The molecule has 4 aromatic rings. The number of carbonyl (C=O) groups is 3. The van der Waals surface area contributed by atoms with E-state index in [-0.39, 0.29) is 46.5 Å². The van der Waals surface area contributed by atoms with Gasteiger partial charge in [0, 0.05) is 24.8 Å². The van der Waals surface area contributed by atoms with Gasteiger partial charge in [-0.25, -0.2) is 9.18 Å². The molecule has 1 aliphatic heterocycles. The van der Waals surface area contributed by atoms with Crippen molar-refractivity contribution in [3.63, 3.8) is 0 Å². The number of amides is 1. The number of nitrogens with zero attached hydrogens (tertiary/aromatic N) is 4. The number of ether oxygens (including phenoxy) is 1. The summed E-state index contributed by atoms with van der Waals surface area (Å²) in [5.74, 6) is -4.18. The molecule has 0 unspecified atom stereocenters. The number of benzene rings is 2. The van der Waals surface area contributed by atoms with Crippen LogP contribution in [0, 0.1) is 5.82 Å². The average Bonchev–Trinajstić information content (AvgIpc) is 3.30. The molecule has 14 heteroatoms. The standard InChI is InChI=1S/C26H17ClF4N4O5/c27-17-3-1-2-16(26(29,30)31)20(17)24(37)35-19-11-14(23(36)34-6-8-40-9-7-34)12-32-22(19)21(33-35)15-5-4-13(25(38)39)10-18(15)28/h1-5,10-12H,6-9H2,(H,38,39). The predicted octanol–water partition coefficient (Wildman–Crippen LogP) is 4.77. The Morgan fingerprint density at radius 2 is 1.73 bits per heavy atom. The first-order valence-electron chi connectivity index (χ1n) is 11.7. The molecule has 0 bridgehead atoms. The molecule has 1 fully saturated rings. The van der Waals surface area contributed by atoms with Crippen molar-refractivity contribution < 1.29 is 41.8 Å². The minimum absolute atomic E-state index is 0.00630. The van der Waals surface area contributed by atoms with Crippen molar-refractivity contribution in [3.8, 4) is 11.3 Å². The van der Waals surface area contributed by atoms with Gasteiger partial charge in [0.05, 0.1) is 46.0 Å². The Labute approximate surface area is 227 Å². The second-order valence-electron chi connectivity index (χ2n) is 8.72. The van der Waals surface area contributed by atoms with Gasteiger partial charge >= 0.3 is 12.1 Å². The van der Waals surface area contributed by atoms with Crippen molar-refractivity contribution in [3.05, 3.63) is 81.8 Å². The zero-order valence-electron chi connectivity index (χ0n) is 20.2. The number of carbonyl (C=O) groups excluding carboxylic acids is 2. The fraction of sp³-hybridized carbons (Fsp3) is 0.192. The van der Waals surface area contributed by atoms with E-state index >= 15 is 4.39 Å². The van der Waals surface area contributed by atoms with E-state index in [2.05, 4.69) is 10.1 Å². The second kappa shape index (κ2) is 10.3. The fourth-order valence-electron chi connectivity index (χ4n) is 4.32. The zero-order chi connectivity index (χ0) is 28.8. The molecular formula is C26H17ClF4N4O5. The number of aromatic nitrogens is 3. The first-order chi connectivity index (χ1) is 19.0. The van der Waals surface area contributed by atoms with Gasteiger partial charge in [-0.05, 0) is 36.4 Å². The molecule has 5 rings (SSSR count). The van der Waals surface area contributed by atoms with Crippen LogP contribution in [0.5, 0.6) is 0 Å². The molecule has 0 radical (unpaired) electrons. The number of pyridine rings is 1. The van der Waals surface area contributed by atoms with Crippen molar-refractivity contribution in [2.45, 2.75) is 6.18 Å². The summed E-state index contributed by atoms with van der Waals surface area (Å²) in [4.78, 5) is 43.6. The third-order valence-electron chi connectivity index (χ3n) is 6.26. The van der Waals surface area contributed by atoms with Crippen LogP contribution in [0.1, 0.15) is 36.6 Å². The Hall–Kier alpha value is -4.36. The molecule has 1 aliphatic rings. The Bertz CT molecular complexity index is 1680. The highest BCUT2D eigenvalue weighted by Gasteiger charge is 2.37. The van der Waals surface area contributed by atoms with Crippen LogP contribution in [0.4, 0.5) is 17.6 Å². The molecular weight excluding hydrogens is 560 g/mol. The number of fused-ring (bicyclic) bond motifs is 1. The Morgan fingerprint density at radius 1 is 1.00 bits per heavy atom. The molecule has 9 nitrogen and oxygen atoms in total. The molecule has 0 aliphatic carbocycles. The highest BCUT2D eigenvalue weighted by molar-refractivity contribution is 6.34. The summed E-state index contributed by atoms with van der Waals surface area (Å²) in [5, 5.41) is 12.8. The van der Waals surface area contributed by atoms with Gasteiger partial charge in [0.25, 0.3) is 11.8 Å². The number of hydrogen-bond donors (Lipinski definition) is 1. The number of hydrogen-bond acceptors (Lipinski definition) is 6. The van der Waals surface area contributed by atoms with Gasteiger partial charge < -0.3 is 14.7 Å². The van der Waals surface area contributed by atoms with Crippen LogP contribution in [0.2, 0.25) is 5.02 Å². The summed E-state index contributed by atoms with van der Waals surface area (Å²) in [5.41, 5.74) is -3.41. The Balaban J connectivity index is 1.73. The Kier molecular flexibility index (Phi) is 7.02. The maximum atomic E-state index is 15.0. The van der Waals surface area contributed by atoms with Crippen LogP contribution >= 0.6 is 11.6 Å². The zero-order valence-corrected chi connectivity index (χ0v) is 21.0. The largest absolute Gasteiger partial charge is 0.478 e. The van der Waals surface area contributed by atoms with Crippen molar-refractivity contribution in [1.82, 2.24) is 19.7 Å². The molecule has 1 amide bonds. The van der Waals surface area contributed by atoms with E-state index < -0.39 is 45.9 Å². The minimum atomic E-state index is -4.95. The molecule has 0 spiro atoms. The summed E-state index contributed by atoms with van der Waals surface area (Å²) in [7, 11) is 0. The number of morpholine rings is 1. The van der Waals surface area contributed by atoms with Crippen LogP contribution in [0.3, 0.4) is 0 Å². The van der Waals surface area contributed by atoms with Gasteiger partial charge in [-0.3, -0.25) is 14.6 Å². The lowest BCUT2D eigenvalue weighted by atomic mass is 10.1. The lowest BCUT2D eigenvalue weighted by Gasteiger charge is -2.26. The maximum absolute atomic E-state index is 15.0. The number of alkyl halides is 3. The summed E-state index contributed by atoms with van der Waals surface area (Å²) >= 11 is 6.04. The lowest BCUT2D eigenvalue weighted by molar-refractivity contribution is -0.137. The molecule has 40 heavy (non-hydrogen) atoms. The van der Waals surface area contributed by atoms with E-state index in [1.165, 1.54) is 17.2 Å². The van der Waals surface area contributed by atoms with E-state index in [0.29, 0.717) is 24.0 Å². The first-order valence-corrected chi connectivity index (χ1v) is 12.0. The topological polar surface area (TPSA) is 115 Å². The molecule has 2 aromatic heterocycles. The SMILES string of the molecule is O=C(O)c1ccc(-c2nn(C(=O)c3c(Cl)cccc3C(F)(F)F)c3cc(C(=O)N4CCOCC4)cnc23)c(F)c1. The molecule has 2 aromatic carbocycles. The molecule has 3 heterocycles. The van der Waals surface area contributed by atoms with E-state index in [1.807, 2.05) is 0 Å². The highest BCUT2D eigenvalue weighted by atomic mass is 35.5. The third kappa shape index (κ3) is 4.89. The molecule has 1 saturated heterocycles. The van der Waals surface area contributed by atoms with Crippen LogP contribution in [0.25, 0.3) is 22.3 Å².